The molecule has 0 spiro atoms. The quantitative estimate of drug-likeness (QED) is 0.168. The maximum atomic E-state index is 5.39. The van der Waals surface area contributed by atoms with E-state index < -0.39 is 0 Å². The molecule has 2 aromatic heterocycles. The Morgan fingerprint density at radius 3 is 2.27 bits per heavy atom. The number of allylic oxidation sites excluding steroid dienone is 1. The molecule has 0 saturated carbocycles. The van der Waals surface area contributed by atoms with Crippen LogP contribution in [0.25, 0.3) is 55.6 Å². The van der Waals surface area contributed by atoms with E-state index in [4.69, 9.17) is 11.6 Å². The predicted molar refractivity (Wildman–Crippen MR) is 214 cm³/mol. The average Bonchev–Trinajstić information content (AvgIpc) is 3.49. The molecule has 0 saturated heterocycles. The molecule has 51 heavy (non-hydrogen) atoms. The monoisotopic (exact) mass is 660 g/mol. The van der Waals surface area contributed by atoms with Crippen molar-refractivity contribution in [2.24, 2.45) is 4.99 Å². The van der Waals surface area contributed by atoms with Crippen LogP contribution >= 0.6 is 0 Å². The van der Waals surface area contributed by atoms with Gasteiger partial charge in [0.1, 0.15) is 0 Å². The largest absolute Gasteiger partial charge is 0.309 e. The minimum absolute atomic E-state index is 0.0677. The van der Waals surface area contributed by atoms with Crippen LogP contribution < -0.4 is 4.57 Å². The van der Waals surface area contributed by atoms with E-state index in [9.17, 15) is 0 Å². The molecule has 0 N–H and O–H groups in total. The van der Waals surface area contributed by atoms with Crippen LogP contribution in [-0.2, 0) is 6.42 Å². The number of aryl methyl sites for hydroxylation is 1. The third-order valence-electron chi connectivity index (χ3n) is 11.1. The van der Waals surface area contributed by atoms with Gasteiger partial charge in [0.15, 0.2) is 11.9 Å². The molecule has 2 aliphatic rings. The SMILES string of the molecule is C=CC1=NC2CC(=C)[n+]3cc(C(C)C)c(-c4ccccc4)cc3-c3cc4c5ccccc5n(-c5ccccc5)c4cc3CCC2c2ccccc21. The van der Waals surface area contributed by atoms with Crippen LogP contribution in [0.4, 0.5) is 0 Å². The molecule has 9 rings (SSSR count). The summed E-state index contributed by atoms with van der Waals surface area (Å²) in [6.07, 6.45) is 6.98. The van der Waals surface area contributed by atoms with Gasteiger partial charge in [-0.15, -0.1) is 0 Å². The number of benzene rings is 5. The van der Waals surface area contributed by atoms with E-state index in [1.54, 1.807) is 0 Å². The first-order chi connectivity index (χ1) is 25.0. The summed E-state index contributed by atoms with van der Waals surface area (Å²) in [5.41, 5.74) is 15.9. The summed E-state index contributed by atoms with van der Waals surface area (Å²) in [5.74, 6) is 0.590. The Morgan fingerprint density at radius 2 is 1.49 bits per heavy atom. The second-order valence-corrected chi connectivity index (χ2v) is 14.4. The molecule has 0 bridgehead atoms. The van der Waals surface area contributed by atoms with Gasteiger partial charge in [0, 0.05) is 39.6 Å². The fourth-order valence-electron chi connectivity index (χ4n) is 8.67. The van der Waals surface area contributed by atoms with E-state index in [0.29, 0.717) is 5.92 Å². The van der Waals surface area contributed by atoms with E-state index in [0.717, 1.165) is 30.7 Å². The summed E-state index contributed by atoms with van der Waals surface area (Å²) < 4.78 is 4.84. The number of fused-ring (bicyclic) bond motifs is 9. The number of nitrogens with zero attached hydrogens (tertiary/aromatic N) is 3. The van der Waals surface area contributed by atoms with Gasteiger partial charge in [-0.2, -0.15) is 4.57 Å². The number of hydrogen-bond acceptors (Lipinski definition) is 1. The number of aromatic nitrogens is 2. The van der Waals surface area contributed by atoms with Crippen LogP contribution in [0.1, 0.15) is 60.8 Å². The number of rotatable bonds is 4. The molecule has 2 aliphatic heterocycles. The van der Waals surface area contributed by atoms with Crippen molar-refractivity contribution in [3.8, 4) is 28.1 Å². The molecular weight excluding hydrogens is 619 g/mol. The average molecular weight is 661 g/mol. The highest BCUT2D eigenvalue weighted by atomic mass is 15.0. The number of pyridine rings is 1. The lowest BCUT2D eigenvalue weighted by Gasteiger charge is -2.32. The number of aliphatic imine (C=N–C) groups is 1. The topological polar surface area (TPSA) is 21.2 Å². The molecule has 0 radical (unpaired) electrons. The van der Waals surface area contributed by atoms with Gasteiger partial charge in [-0.25, -0.2) is 0 Å². The van der Waals surface area contributed by atoms with Gasteiger partial charge in [-0.1, -0.05) is 111 Å². The minimum atomic E-state index is 0.0677. The van der Waals surface area contributed by atoms with Crippen LogP contribution in [0, 0.1) is 0 Å². The Kier molecular flexibility index (Phi) is 7.65. The molecule has 7 aromatic rings. The summed E-state index contributed by atoms with van der Waals surface area (Å²) in [4.78, 5) is 5.39. The summed E-state index contributed by atoms with van der Waals surface area (Å²) in [7, 11) is 0. The van der Waals surface area contributed by atoms with Gasteiger partial charge in [0.25, 0.3) is 0 Å². The Balaban J connectivity index is 1.35. The molecule has 4 heterocycles. The molecule has 0 aliphatic carbocycles. The fourth-order valence-corrected chi connectivity index (χ4v) is 8.67. The van der Waals surface area contributed by atoms with Gasteiger partial charge in [0.05, 0.1) is 34.8 Å². The molecule has 0 amide bonds. The zero-order chi connectivity index (χ0) is 34.6. The lowest BCUT2D eigenvalue weighted by atomic mass is 9.78. The van der Waals surface area contributed by atoms with E-state index in [1.807, 2.05) is 6.08 Å². The molecule has 0 fully saturated rings. The van der Waals surface area contributed by atoms with Crippen molar-refractivity contribution in [1.29, 1.82) is 0 Å². The fraction of sp³-hybridized carbons (Fsp3) is 0.167. The molecular formula is C48H42N3+. The Hall–Kier alpha value is -5.80. The highest BCUT2D eigenvalue weighted by Gasteiger charge is 2.35. The Morgan fingerprint density at radius 1 is 0.765 bits per heavy atom. The third-order valence-corrected chi connectivity index (χ3v) is 11.1. The molecule has 2 unspecified atom stereocenters. The molecule has 3 heteroatoms. The van der Waals surface area contributed by atoms with E-state index in [1.165, 1.54) is 72.1 Å². The van der Waals surface area contributed by atoms with Gasteiger partial charge in [0.2, 0.25) is 5.69 Å². The first-order valence-electron chi connectivity index (χ1n) is 18.2. The molecule has 3 nitrogen and oxygen atoms in total. The Bertz CT molecular complexity index is 2520. The summed E-state index contributed by atoms with van der Waals surface area (Å²) >= 11 is 0. The zero-order valence-corrected chi connectivity index (χ0v) is 29.4. The van der Waals surface area contributed by atoms with Crippen LogP contribution in [0.5, 0.6) is 0 Å². The zero-order valence-electron chi connectivity index (χ0n) is 29.4. The van der Waals surface area contributed by atoms with Gasteiger partial charge >= 0.3 is 0 Å². The number of hydrogen-bond donors (Lipinski definition) is 0. The van der Waals surface area contributed by atoms with Gasteiger partial charge in [-0.3, -0.25) is 4.99 Å². The normalized spacial score (nSPS) is 17.0. The highest BCUT2D eigenvalue weighted by Crippen LogP contribution is 2.43. The smallest absolute Gasteiger partial charge is 0.219 e. The molecule has 5 aromatic carbocycles. The second-order valence-electron chi connectivity index (χ2n) is 14.4. The van der Waals surface area contributed by atoms with Crippen LogP contribution in [-0.4, -0.2) is 16.3 Å². The van der Waals surface area contributed by atoms with Crippen LogP contribution in [0.15, 0.2) is 158 Å². The maximum absolute atomic E-state index is 5.39. The van der Waals surface area contributed by atoms with Crippen molar-refractivity contribution < 1.29 is 4.57 Å². The number of para-hydroxylation sites is 2. The van der Waals surface area contributed by atoms with Gasteiger partial charge < -0.3 is 4.57 Å². The third kappa shape index (κ3) is 5.19. The summed E-state index contributed by atoms with van der Waals surface area (Å²) in [5, 5.41) is 2.52. The minimum Gasteiger partial charge on any atom is -0.309 e. The van der Waals surface area contributed by atoms with E-state index >= 15 is 0 Å². The van der Waals surface area contributed by atoms with E-state index in [2.05, 4.69) is 163 Å². The molecule has 248 valence electrons. The van der Waals surface area contributed by atoms with Crippen LogP contribution in [0.3, 0.4) is 0 Å². The Labute approximate surface area is 300 Å². The first-order valence-corrected chi connectivity index (χ1v) is 18.2. The standard InChI is InChI=1S/C48H42N3/c1-5-44-37-21-13-12-20-36(37)38-25-24-34-27-48-42(39-22-14-15-23-46(39)51(48)35-18-10-7-11-19-35)28-41(34)47-29-40(33-16-8-6-9-17-33)43(31(2)3)30-50(47)32(4)26-45(38)49-44/h5-23,27-31,38,45H,1,4,24-26H2,2-3H3/q+1. The van der Waals surface area contributed by atoms with Gasteiger partial charge in [-0.05, 0) is 84.0 Å². The van der Waals surface area contributed by atoms with Crippen molar-refractivity contribution in [2.45, 2.75) is 51.0 Å². The summed E-state index contributed by atoms with van der Waals surface area (Å²) in [6.45, 7) is 13.6. The highest BCUT2D eigenvalue weighted by molar-refractivity contribution is 6.11. The van der Waals surface area contributed by atoms with E-state index in [-0.39, 0.29) is 12.0 Å². The lowest BCUT2D eigenvalue weighted by Crippen LogP contribution is -2.39. The van der Waals surface area contributed by atoms with Crippen molar-refractivity contribution >= 4 is 33.2 Å². The van der Waals surface area contributed by atoms with Crippen molar-refractivity contribution in [3.63, 3.8) is 0 Å². The van der Waals surface area contributed by atoms with Crippen molar-refractivity contribution in [1.82, 2.24) is 4.57 Å². The van der Waals surface area contributed by atoms with Crippen molar-refractivity contribution in [3.05, 3.63) is 175 Å². The predicted octanol–water partition coefficient (Wildman–Crippen LogP) is 11.5. The van der Waals surface area contributed by atoms with Crippen LogP contribution in [0.2, 0.25) is 0 Å². The molecule has 2 atom stereocenters. The second kappa shape index (κ2) is 12.5. The maximum Gasteiger partial charge on any atom is 0.219 e. The van der Waals surface area contributed by atoms with Crippen molar-refractivity contribution in [2.75, 3.05) is 0 Å². The summed E-state index contributed by atoms with van der Waals surface area (Å²) in [6, 6.07) is 46.7. The first kappa shape index (κ1) is 31.2. The lowest BCUT2D eigenvalue weighted by molar-refractivity contribution is -0.571.